The summed E-state index contributed by atoms with van der Waals surface area (Å²) in [5.41, 5.74) is 2.16. The molecule has 0 aliphatic heterocycles. The fraction of sp³-hybridized carbons (Fsp3) is 0.765. The van der Waals surface area contributed by atoms with Crippen molar-refractivity contribution in [3.05, 3.63) is 17.0 Å². The molecule has 7 nitrogen and oxygen atoms in total. The van der Waals surface area contributed by atoms with E-state index in [1.165, 1.54) is 0 Å². The van der Waals surface area contributed by atoms with Gasteiger partial charge in [0, 0.05) is 45.8 Å². The van der Waals surface area contributed by atoms with Gasteiger partial charge in [-0.1, -0.05) is 19.0 Å². The van der Waals surface area contributed by atoms with Crippen LogP contribution in [0.2, 0.25) is 0 Å². The normalized spacial score (nSPS) is 11.3. The third-order valence-electron chi connectivity index (χ3n) is 3.70. The molecule has 0 amide bonds. The predicted octanol–water partition coefficient (Wildman–Crippen LogP) is 2.53. The van der Waals surface area contributed by atoms with Gasteiger partial charge in [0.25, 0.3) is 0 Å². The van der Waals surface area contributed by atoms with Crippen LogP contribution in [-0.2, 0) is 28.9 Å². The Balaban J connectivity index is 0.00000576. The van der Waals surface area contributed by atoms with Gasteiger partial charge in [-0.25, -0.2) is 0 Å². The molecule has 146 valence electrons. The van der Waals surface area contributed by atoms with E-state index >= 15 is 0 Å². The van der Waals surface area contributed by atoms with Gasteiger partial charge >= 0.3 is 0 Å². The van der Waals surface area contributed by atoms with Crippen LogP contribution in [0.4, 0.5) is 0 Å². The van der Waals surface area contributed by atoms with E-state index in [2.05, 4.69) is 34.6 Å². The van der Waals surface area contributed by atoms with E-state index in [0.717, 1.165) is 61.8 Å². The second-order valence-electron chi connectivity index (χ2n) is 5.40. The van der Waals surface area contributed by atoms with Gasteiger partial charge in [0.1, 0.15) is 5.76 Å². The highest BCUT2D eigenvalue weighted by Gasteiger charge is 2.13. The Morgan fingerprint density at radius 2 is 1.92 bits per heavy atom. The second kappa shape index (κ2) is 15.4. The summed E-state index contributed by atoms with van der Waals surface area (Å²) in [7, 11) is 3.46. The number of hydrogen-bond donors (Lipinski definition) is 2. The summed E-state index contributed by atoms with van der Waals surface area (Å²) in [6.45, 7) is 7.77. The molecule has 0 saturated carbocycles. The molecule has 0 unspecified atom stereocenters. The van der Waals surface area contributed by atoms with Crippen molar-refractivity contribution in [1.29, 1.82) is 0 Å². The van der Waals surface area contributed by atoms with Crippen molar-refractivity contribution in [2.75, 3.05) is 40.5 Å². The Morgan fingerprint density at radius 3 is 2.56 bits per heavy atom. The van der Waals surface area contributed by atoms with Gasteiger partial charge in [-0.05, 0) is 19.3 Å². The van der Waals surface area contributed by atoms with Crippen LogP contribution in [0.1, 0.15) is 43.7 Å². The van der Waals surface area contributed by atoms with Crippen LogP contribution in [-0.4, -0.2) is 51.6 Å². The maximum absolute atomic E-state index is 5.44. The number of nitrogens with one attached hydrogen (secondary N) is 2. The summed E-state index contributed by atoms with van der Waals surface area (Å²) in [5.74, 6) is 1.74. The molecule has 1 heterocycles. The van der Waals surface area contributed by atoms with Gasteiger partial charge in [0.2, 0.25) is 0 Å². The average molecular weight is 468 g/mol. The Labute approximate surface area is 168 Å². The van der Waals surface area contributed by atoms with E-state index in [1.54, 1.807) is 14.2 Å². The van der Waals surface area contributed by atoms with Gasteiger partial charge in [-0.2, -0.15) is 0 Å². The SMILES string of the molecule is CCc1noc(CC)c1CNC(=NC)NCCCCOCCOC.I. The first-order valence-electron chi connectivity index (χ1n) is 8.74. The number of ether oxygens (including phenoxy) is 2. The topological polar surface area (TPSA) is 80.9 Å². The van der Waals surface area contributed by atoms with Crippen molar-refractivity contribution in [2.24, 2.45) is 4.99 Å². The van der Waals surface area contributed by atoms with Gasteiger partial charge in [-0.3, -0.25) is 4.99 Å². The number of unbranched alkanes of at least 4 members (excludes halogenated alkanes) is 1. The van der Waals surface area contributed by atoms with Crippen LogP contribution in [0, 0.1) is 0 Å². The van der Waals surface area contributed by atoms with Gasteiger partial charge in [0.15, 0.2) is 5.96 Å². The molecule has 0 atom stereocenters. The van der Waals surface area contributed by atoms with Crippen molar-refractivity contribution in [1.82, 2.24) is 15.8 Å². The van der Waals surface area contributed by atoms with E-state index in [1.807, 2.05) is 0 Å². The Morgan fingerprint density at radius 1 is 1.12 bits per heavy atom. The van der Waals surface area contributed by atoms with Crippen molar-refractivity contribution in [2.45, 2.75) is 46.1 Å². The quantitative estimate of drug-likeness (QED) is 0.213. The number of aryl methyl sites for hydroxylation is 2. The van der Waals surface area contributed by atoms with Crippen molar-refractivity contribution in [3.63, 3.8) is 0 Å². The number of halogens is 1. The van der Waals surface area contributed by atoms with Crippen LogP contribution in [0.25, 0.3) is 0 Å². The highest BCUT2D eigenvalue weighted by Crippen LogP contribution is 2.15. The molecule has 1 aromatic heterocycles. The number of nitrogens with zero attached hydrogens (tertiary/aromatic N) is 2. The van der Waals surface area contributed by atoms with Crippen molar-refractivity contribution in [3.8, 4) is 0 Å². The van der Waals surface area contributed by atoms with Crippen LogP contribution in [0.5, 0.6) is 0 Å². The fourth-order valence-corrected chi connectivity index (χ4v) is 2.31. The molecule has 0 saturated heterocycles. The Kier molecular flexibility index (Phi) is 14.9. The molecule has 0 aromatic carbocycles. The zero-order valence-electron chi connectivity index (χ0n) is 15.9. The number of guanidine groups is 1. The predicted molar refractivity (Wildman–Crippen MR) is 111 cm³/mol. The molecular formula is C17H33IN4O3. The minimum absolute atomic E-state index is 0. The molecule has 0 fully saturated rings. The summed E-state index contributed by atoms with van der Waals surface area (Å²) in [6.07, 6.45) is 3.76. The highest BCUT2D eigenvalue weighted by atomic mass is 127. The Hall–Kier alpha value is -0.870. The smallest absolute Gasteiger partial charge is 0.191 e. The lowest BCUT2D eigenvalue weighted by Crippen LogP contribution is -2.37. The Bertz CT molecular complexity index is 459. The number of aromatic nitrogens is 1. The van der Waals surface area contributed by atoms with Crippen molar-refractivity contribution >= 4 is 29.9 Å². The summed E-state index contributed by atoms with van der Waals surface area (Å²) in [6, 6.07) is 0. The largest absolute Gasteiger partial charge is 0.382 e. The molecule has 0 aliphatic carbocycles. The highest BCUT2D eigenvalue weighted by molar-refractivity contribution is 14.0. The minimum Gasteiger partial charge on any atom is -0.382 e. The number of hydrogen-bond acceptors (Lipinski definition) is 5. The van der Waals surface area contributed by atoms with E-state index in [-0.39, 0.29) is 24.0 Å². The second-order valence-corrected chi connectivity index (χ2v) is 5.40. The first-order chi connectivity index (χ1) is 11.8. The molecule has 1 rings (SSSR count). The standard InChI is InChI=1S/C17H32N4O3.HI/c1-5-15-14(16(6-2)24-21-15)13-20-17(18-3)19-9-7-8-10-23-12-11-22-4;/h5-13H2,1-4H3,(H2,18,19,20);1H. The number of aliphatic imine (C=N–C) groups is 1. The molecule has 2 N–H and O–H groups in total. The number of rotatable bonds is 12. The maximum Gasteiger partial charge on any atom is 0.191 e. The monoisotopic (exact) mass is 468 g/mol. The van der Waals surface area contributed by atoms with Crippen molar-refractivity contribution < 1.29 is 14.0 Å². The van der Waals surface area contributed by atoms with E-state index in [9.17, 15) is 0 Å². The maximum atomic E-state index is 5.44. The van der Waals surface area contributed by atoms with Crippen LogP contribution in [0.15, 0.2) is 9.52 Å². The summed E-state index contributed by atoms with van der Waals surface area (Å²) in [5, 5.41) is 10.8. The fourth-order valence-electron chi connectivity index (χ4n) is 2.31. The first kappa shape index (κ1) is 24.1. The molecule has 8 heteroatoms. The zero-order chi connectivity index (χ0) is 17.6. The summed E-state index contributed by atoms with van der Waals surface area (Å²) < 4.78 is 15.8. The molecule has 0 aliphatic rings. The third-order valence-corrected chi connectivity index (χ3v) is 3.70. The first-order valence-corrected chi connectivity index (χ1v) is 8.74. The van der Waals surface area contributed by atoms with E-state index in [0.29, 0.717) is 19.8 Å². The molecule has 0 bridgehead atoms. The number of methoxy groups -OCH3 is 1. The van der Waals surface area contributed by atoms with Crippen LogP contribution in [0.3, 0.4) is 0 Å². The lowest BCUT2D eigenvalue weighted by molar-refractivity contribution is 0.0689. The van der Waals surface area contributed by atoms with E-state index < -0.39 is 0 Å². The van der Waals surface area contributed by atoms with Gasteiger partial charge < -0.3 is 24.6 Å². The summed E-state index contributed by atoms with van der Waals surface area (Å²) in [4.78, 5) is 4.25. The molecule has 0 spiro atoms. The molecule has 1 aromatic rings. The minimum atomic E-state index is 0. The van der Waals surface area contributed by atoms with E-state index in [4.69, 9.17) is 14.0 Å². The van der Waals surface area contributed by atoms with Gasteiger partial charge in [0.05, 0.1) is 18.9 Å². The van der Waals surface area contributed by atoms with Crippen LogP contribution < -0.4 is 10.6 Å². The molecule has 0 radical (unpaired) electrons. The third kappa shape index (κ3) is 9.41. The van der Waals surface area contributed by atoms with Crippen LogP contribution >= 0.6 is 24.0 Å². The van der Waals surface area contributed by atoms with Gasteiger partial charge in [-0.15, -0.1) is 24.0 Å². The molecular weight excluding hydrogens is 435 g/mol. The molecule has 25 heavy (non-hydrogen) atoms. The summed E-state index contributed by atoms with van der Waals surface area (Å²) >= 11 is 0. The lowest BCUT2D eigenvalue weighted by atomic mass is 10.1. The zero-order valence-corrected chi connectivity index (χ0v) is 18.2. The average Bonchev–Trinajstić information content (AvgIpc) is 3.01. The lowest BCUT2D eigenvalue weighted by Gasteiger charge is -2.12.